The van der Waals surface area contributed by atoms with Gasteiger partial charge in [-0.25, -0.2) is 23.2 Å². The fourth-order valence-electron chi connectivity index (χ4n) is 1.63. The minimum absolute atomic E-state index is 0.0990. The van der Waals surface area contributed by atoms with Gasteiger partial charge >= 0.3 is 5.97 Å². The molecule has 0 aliphatic rings. The van der Waals surface area contributed by atoms with Gasteiger partial charge in [-0.2, -0.15) is 5.10 Å². The highest BCUT2D eigenvalue weighted by Gasteiger charge is 2.26. The van der Waals surface area contributed by atoms with Crippen LogP contribution in [0.3, 0.4) is 0 Å². The van der Waals surface area contributed by atoms with Gasteiger partial charge in [-0.15, -0.1) is 0 Å². The number of hydrogen-bond acceptors (Lipinski definition) is 4. The topological polar surface area (TPSA) is 57.0 Å². The first kappa shape index (κ1) is 14.6. The number of alkyl halides is 2. The summed E-state index contributed by atoms with van der Waals surface area (Å²) >= 11 is 3.15. The fourth-order valence-corrected chi connectivity index (χ4v) is 1.97. The minimum atomic E-state index is -2.88. The standard InChI is InChI=1S/C12H10BrF2N3O2/c1-2-20-12(19)7-6-16-18(10(7)11(14)15)9-5-3-4-8(13)17-9/h3-6,11H,2H2,1H3. The van der Waals surface area contributed by atoms with Crippen molar-refractivity contribution in [2.75, 3.05) is 6.61 Å². The molecule has 0 unspecified atom stereocenters. The summed E-state index contributed by atoms with van der Waals surface area (Å²) in [5, 5.41) is 3.80. The van der Waals surface area contributed by atoms with E-state index in [4.69, 9.17) is 4.74 Å². The number of ether oxygens (including phenoxy) is 1. The van der Waals surface area contributed by atoms with Crippen LogP contribution in [-0.2, 0) is 4.74 Å². The van der Waals surface area contributed by atoms with Gasteiger partial charge < -0.3 is 4.74 Å². The molecular formula is C12H10BrF2N3O2. The van der Waals surface area contributed by atoms with Crippen LogP contribution in [-0.4, -0.2) is 27.3 Å². The number of aromatic nitrogens is 3. The lowest BCUT2D eigenvalue weighted by atomic mass is 10.2. The molecule has 8 heteroatoms. The van der Waals surface area contributed by atoms with Crippen LogP contribution >= 0.6 is 15.9 Å². The summed E-state index contributed by atoms with van der Waals surface area (Å²) in [6.45, 7) is 1.70. The number of nitrogens with zero attached hydrogens (tertiary/aromatic N) is 3. The zero-order valence-electron chi connectivity index (χ0n) is 10.4. The van der Waals surface area contributed by atoms with Crippen molar-refractivity contribution in [3.63, 3.8) is 0 Å². The second-order valence-corrected chi connectivity index (χ2v) is 4.51. The average Bonchev–Trinajstić information content (AvgIpc) is 2.83. The summed E-state index contributed by atoms with van der Waals surface area (Å²) in [5.74, 6) is -0.644. The van der Waals surface area contributed by atoms with Crippen LogP contribution in [0.1, 0.15) is 29.4 Å². The van der Waals surface area contributed by atoms with Gasteiger partial charge in [0.15, 0.2) is 5.82 Å². The van der Waals surface area contributed by atoms with Gasteiger partial charge in [-0.1, -0.05) is 6.07 Å². The molecule has 0 atom stereocenters. The summed E-state index contributed by atoms with van der Waals surface area (Å²) in [4.78, 5) is 15.7. The Morgan fingerprint density at radius 3 is 2.85 bits per heavy atom. The Balaban J connectivity index is 2.52. The van der Waals surface area contributed by atoms with E-state index < -0.39 is 18.1 Å². The highest BCUT2D eigenvalue weighted by molar-refractivity contribution is 9.10. The van der Waals surface area contributed by atoms with E-state index in [1.807, 2.05) is 0 Å². The monoisotopic (exact) mass is 345 g/mol. The summed E-state index contributed by atoms with van der Waals surface area (Å²) in [6, 6.07) is 4.80. The molecule has 2 aromatic heterocycles. The molecule has 0 radical (unpaired) electrons. The Morgan fingerprint density at radius 1 is 1.50 bits per heavy atom. The van der Waals surface area contributed by atoms with Crippen molar-refractivity contribution in [2.45, 2.75) is 13.3 Å². The van der Waals surface area contributed by atoms with Crippen LogP contribution in [0.4, 0.5) is 8.78 Å². The first-order valence-corrected chi connectivity index (χ1v) is 6.50. The molecule has 20 heavy (non-hydrogen) atoms. The maximum atomic E-state index is 13.2. The minimum Gasteiger partial charge on any atom is -0.462 e. The molecule has 0 amide bonds. The Kier molecular flexibility index (Phi) is 4.43. The van der Waals surface area contributed by atoms with Crippen LogP contribution in [0.2, 0.25) is 0 Å². The quantitative estimate of drug-likeness (QED) is 0.630. The summed E-state index contributed by atoms with van der Waals surface area (Å²) < 4.78 is 32.5. The van der Waals surface area contributed by atoms with E-state index in [0.29, 0.717) is 4.60 Å². The van der Waals surface area contributed by atoms with Gasteiger partial charge in [-0.05, 0) is 35.0 Å². The molecule has 2 heterocycles. The molecular weight excluding hydrogens is 336 g/mol. The van der Waals surface area contributed by atoms with Crippen LogP contribution in [0, 0.1) is 0 Å². The van der Waals surface area contributed by atoms with Gasteiger partial charge in [0.2, 0.25) is 0 Å². The molecule has 0 saturated carbocycles. The first-order chi connectivity index (χ1) is 9.54. The predicted molar refractivity (Wildman–Crippen MR) is 70.0 cm³/mol. The molecule has 0 aromatic carbocycles. The van der Waals surface area contributed by atoms with E-state index in [0.717, 1.165) is 10.9 Å². The zero-order valence-corrected chi connectivity index (χ0v) is 12.0. The molecule has 0 bridgehead atoms. The van der Waals surface area contributed by atoms with Crippen LogP contribution in [0.25, 0.3) is 5.82 Å². The van der Waals surface area contributed by atoms with Gasteiger partial charge in [0.05, 0.1) is 12.8 Å². The number of pyridine rings is 1. The SMILES string of the molecule is CCOC(=O)c1cnn(-c2cccc(Br)n2)c1C(F)F. The third-order valence-corrected chi connectivity index (χ3v) is 2.87. The van der Waals surface area contributed by atoms with Crippen molar-refractivity contribution in [1.29, 1.82) is 0 Å². The summed E-state index contributed by atoms with van der Waals surface area (Å²) in [6.07, 6.45) is -1.82. The zero-order chi connectivity index (χ0) is 14.7. The van der Waals surface area contributed by atoms with Gasteiger partial charge in [-0.3, -0.25) is 0 Å². The second-order valence-electron chi connectivity index (χ2n) is 3.69. The van der Waals surface area contributed by atoms with Crippen LogP contribution in [0.15, 0.2) is 29.0 Å². The van der Waals surface area contributed by atoms with E-state index in [1.165, 1.54) is 6.07 Å². The van der Waals surface area contributed by atoms with E-state index in [-0.39, 0.29) is 18.0 Å². The maximum Gasteiger partial charge on any atom is 0.341 e. The Morgan fingerprint density at radius 2 is 2.25 bits per heavy atom. The van der Waals surface area contributed by atoms with Crippen molar-refractivity contribution in [3.05, 3.63) is 40.3 Å². The molecule has 0 aliphatic heterocycles. The van der Waals surface area contributed by atoms with Crippen molar-refractivity contribution >= 4 is 21.9 Å². The van der Waals surface area contributed by atoms with Crippen LogP contribution in [0.5, 0.6) is 0 Å². The second kappa shape index (κ2) is 6.08. The van der Waals surface area contributed by atoms with Gasteiger partial charge in [0.1, 0.15) is 15.9 Å². The third-order valence-electron chi connectivity index (χ3n) is 2.43. The molecule has 106 valence electrons. The lowest BCUT2D eigenvalue weighted by Gasteiger charge is -2.08. The Bertz CT molecular complexity index is 631. The molecule has 2 rings (SSSR count). The predicted octanol–water partition coefficient (Wildman–Crippen LogP) is 3.14. The number of hydrogen-bond donors (Lipinski definition) is 0. The number of halogens is 3. The van der Waals surface area contributed by atoms with Crippen molar-refractivity contribution in [1.82, 2.24) is 14.8 Å². The Labute approximate surface area is 121 Å². The van der Waals surface area contributed by atoms with Gasteiger partial charge in [0, 0.05) is 0 Å². The van der Waals surface area contributed by atoms with E-state index in [2.05, 4.69) is 26.0 Å². The third kappa shape index (κ3) is 2.84. The highest BCUT2D eigenvalue weighted by Crippen LogP contribution is 2.26. The Hall–Kier alpha value is -1.83. The normalized spacial score (nSPS) is 10.8. The smallest absolute Gasteiger partial charge is 0.341 e. The molecule has 5 nitrogen and oxygen atoms in total. The van der Waals surface area contributed by atoms with Crippen molar-refractivity contribution in [2.24, 2.45) is 0 Å². The number of carbonyl (C=O) groups is 1. The highest BCUT2D eigenvalue weighted by atomic mass is 79.9. The van der Waals surface area contributed by atoms with E-state index >= 15 is 0 Å². The summed E-state index contributed by atoms with van der Waals surface area (Å²) in [7, 11) is 0. The first-order valence-electron chi connectivity index (χ1n) is 5.70. The van der Waals surface area contributed by atoms with Crippen LogP contribution < -0.4 is 0 Å². The number of carbonyl (C=O) groups excluding carboxylic acids is 1. The average molecular weight is 346 g/mol. The molecule has 0 aliphatic carbocycles. The number of rotatable bonds is 4. The lowest BCUT2D eigenvalue weighted by molar-refractivity contribution is 0.0514. The molecule has 0 fully saturated rings. The number of esters is 1. The molecule has 0 N–H and O–H groups in total. The van der Waals surface area contributed by atoms with E-state index in [1.54, 1.807) is 19.1 Å². The van der Waals surface area contributed by atoms with Crippen molar-refractivity contribution < 1.29 is 18.3 Å². The molecule has 0 saturated heterocycles. The molecule has 0 spiro atoms. The molecule has 2 aromatic rings. The lowest BCUT2D eigenvalue weighted by Crippen LogP contribution is -2.11. The van der Waals surface area contributed by atoms with Gasteiger partial charge in [0.25, 0.3) is 6.43 Å². The maximum absolute atomic E-state index is 13.2. The fraction of sp³-hybridized carbons (Fsp3) is 0.250. The largest absolute Gasteiger partial charge is 0.462 e. The summed E-state index contributed by atoms with van der Waals surface area (Å²) in [5.41, 5.74) is -0.794. The van der Waals surface area contributed by atoms with Crippen molar-refractivity contribution in [3.8, 4) is 5.82 Å². The van der Waals surface area contributed by atoms with E-state index in [9.17, 15) is 13.6 Å².